The SMILES string of the molecule is Cc1nc2c(-c3ccc(C)c(C)c3)cccc2s1. The first-order valence-electron chi connectivity index (χ1n) is 6.09. The maximum atomic E-state index is 4.66. The van der Waals surface area contributed by atoms with E-state index in [2.05, 4.69) is 62.2 Å². The van der Waals surface area contributed by atoms with Crippen molar-refractivity contribution >= 4 is 21.6 Å². The highest BCUT2D eigenvalue weighted by molar-refractivity contribution is 7.18. The number of fused-ring (bicyclic) bond motifs is 1. The van der Waals surface area contributed by atoms with E-state index in [0.717, 1.165) is 10.5 Å². The van der Waals surface area contributed by atoms with E-state index in [1.807, 2.05) is 0 Å². The van der Waals surface area contributed by atoms with Gasteiger partial charge in [0.1, 0.15) is 0 Å². The normalized spacial score (nSPS) is 11.1. The molecule has 90 valence electrons. The Balaban J connectivity index is 2.27. The Morgan fingerprint density at radius 3 is 2.56 bits per heavy atom. The van der Waals surface area contributed by atoms with E-state index in [9.17, 15) is 0 Å². The van der Waals surface area contributed by atoms with Crippen LogP contribution in [-0.4, -0.2) is 4.98 Å². The molecule has 2 heteroatoms. The summed E-state index contributed by atoms with van der Waals surface area (Å²) in [5, 5.41) is 1.13. The maximum absolute atomic E-state index is 4.66. The fourth-order valence-corrected chi connectivity index (χ4v) is 3.06. The van der Waals surface area contributed by atoms with Gasteiger partial charge in [0.2, 0.25) is 0 Å². The van der Waals surface area contributed by atoms with Crippen molar-refractivity contribution in [2.24, 2.45) is 0 Å². The van der Waals surface area contributed by atoms with Crippen molar-refractivity contribution in [3.05, 3.63) is 52.5 Å². The van der Waals surface area contributed by atoms with Gasteiger partial charge in [-0.3, -0.25) is 0 Å². The molecule has 0 N–H and O–H groups in total. The van der Waals surface area contributed by atoms with E-state index >= 15 is 0 Å². The van der Waals surface area contributed by atoms with Crippen molar-refractivity contribution in [1.29, 1.82) is 0 Å². The summed E-state index contributed by atoms with van der Waals surface area (Å²) in [4.78, 5) is 4.66. The Hall–Kier alpha value is -1.67. The van der Waals surface area contributed by atoms with Gasteiger partial charge in [0.25, 0.3) is 0 Å². The molecule has 0 amide bonds. The quantitative estimate of drug-likeness (QED) is 0.601. The summed E-state index contributed by atoms with van der Waals surface area (Å²) in [7, 11) is 0. The van der Waals surface area contributed by atoms with E-state index in [4.69, 9.17) is 0 Å². The minimum Gasteiger partial charge on any atom is -0.241 e. The Labute approximate surface area is 111 Å². The summed E-state index contributed by atoms with van der Waals surface area (Å²) in [6, 6.07) is 13.0. The molecule has 0 bridgehead atoms. The monoisotopic (exact) mass is 253 g/mol. The first-order chi connectivity index (χ1) is 8.65. The van der Waals surface area contributed by atoms with Gasteiger partial charge in [-0.05, 0) is 43.5 Å². The lowest BCUT2D eigenvalue weighted by Gasteiger charge is -2.06. The smallest absolute Gasteiger partial charge is 0.0908 e. The second kappa shape index (κ2) is 4.21. The molecule has 0 unspecified atom stereocenters. The van der Waals surface area contributed by atoms with Gasteiger partial charge in [-0.2, -0.15) is 0 Å². The predicted octanol–water partition coefficient (Wildman–Crippen LogP) is 4.89. The zero-order valence-corrected chi connectivity index (χ0v) is 11.6. The van der Waals surface area contributed by atoms with E-state index < -0.39 is 0 Å². The van der Waals surface area contributed by atoms with E-state index in [0.29, 0.717) is 0 Å². The number of aryl methyl sites for hydroxylation is 3. The zero-order valence-electron chi connectivity index (χ0n) is 10.8. The van der Waals surface area contributed by atoms with E-state index in [-0.39, 0.29) is 0 Å². The molecular weight excluding hydrogens is 238 g/mol. The van der Waals surface area contributed by atoms with Gasteiger partial charge in [0.05, 0.1) is 15.2 Å². The predicted molar refractivity (Wildman–Crippen MR) is 79.3 cm³/mol. The van der Waals surface area contributed by atoms with Crippen LogP contribution in [0.3, 0.4) is 0 Å². The van der Waals surface area contributed by atoms with Gasteiger partial charge in [0.15, 0.2) is 0 Å². The van der Waals surface area contributed by atoms with Crippen molar-refractivity contribution in [2.75, 3.05) is 0 Å². The summed E-state index contributed by atoms with van der Waals surface area (Å²) in [5.74, 6) is 0. The van der Waals surface area contributed by atoms with Crippen molar-refractivity contribution in [1.82, 2.24) is 4.98 Å². The standard InChI is InChI=1S/C16H15NS/c1-10-7-8-13(9-11(10)2)14-5-4-6-15-16(14)17-12(3)18-15/h4-9H,1-3H3. The average Bonchev–Trinajstić information content (AvgIpc) is 2.72. The largest absolute Gasteiger partial charge is 0.241 e. The van der Waals surface area contributed by atoms with Gasteiger partial charge >= 0.3 is 0 Å². The topological polar surface area (TPSA) is 12.9 Å². The molecule has 1 nitrogen and oxygen atoms in total. The first-order valence-corrected chi connectivity index (χ1v) is 6.90. The molecule has 0 aliphatic heterocycles. The summed E-state index contributed by atoms with van der Waals surface area (Å²) in [5.41, 5.74) is 6.29. The summed E-state index contributed by atoms with van der Waals surface area (Å²) in [6.07, 6.45) is 0. The molecule has 0 saturated heterocycles. The third kappa shape index (κ3) is 1.83. The van der Waals surface area contributed by atoms with Crippen LogP contribution in [0.5, 0.6) is 0 Å². The highest BCUT2D eigenvalue weighted by Gasteiger charge is 2.08. The third-order valence-electron chi connectivity index (χ3n) is 3.34. The number of para-hydroxylation sites is 1. The minimum absolute atomic E-state index is 1.13. The number of hydrogen-bond acceptors (Lipinski definition) is 2. The molecule has 18 heavy (non-hydrogen) atoms. The van der Waals surface area contributed by atoms with Crippen LogP contribution in [0.2, 0.25) is 0 Å². The van der Waals surface area contributed by atoms with Crippen molar-refractivity contribution < 1.29 is 0 Å². The van der Waals surface area contributed by atoms with Crippen LogP contribution in [0.4, 0.5) is 0 Å². The van der Waals surface area contributed by atoms with Crippen LogP contribution in [0.1, 0.15) is 16.1 Å². The fraction of sp³-hybridized carbons (Fsp3) is 0.188. The van der Waals surface area contributed by atoms with Crippen molar-refractivity contribution in [3.63, 3.8) is 0 Å². The minimum atomic E-state index is 1.13. The van der Waals surface area contributed by atoms with Gasteiger partial charge in [0, 0.05) is 5.56 Å². The molecule has 0 aliphatic carbocycles. The van der Waals surface area contributed by atoms with Crippen molar-refractivity contribution in [2.45, 2.75) is 20.8 Å². The molecule has 3 rings (SSSR count). The second-order valence-corrected chi connectivity index (χ2v) is 5.92. The van der Waals surface area contributed by atoms with E-state index in [1.165, 1.54) is 27.0 Å². The number of hydrogen-bond donors (Lipinski definition) is 0. The molecule has 0 radical (unpaired) electrons. The van der Waals surface area contributed by atoms with Gasteiger partial charge in [-0.1, -0.05) is 30.3 Å². The molecule has 0 saturated carbocycles. The number of benzene rings is 2. The Morgan fingerprint density at radius 2 is 1.78 bits per heavy atom. The highest BCUT2D eigenvalue weighted by atomic mass is 32.1. The van der Waals surface area contributed by atoms with Gasteiger partial charge < -0.3 is 0 Å². The van der Waals surface area contributed by atoms with Gasteiger partial charge in [-0.15, -0.1) is 11.3 Å². The molecule has 0 fully saturated rings. The molecule has 3 aromatic rings. The van der Waals surface area contributed by atoms with Crippen LogP contribution in [0, 0.1) is 20.8 Å². The number of nitrogens with zero attached hydrogens (tertiary/aromatic N) is 1. The van der Waals surface area contributed by atoms with E-state index in [1.54, 1.807) is 11.3 Å². The highest BCUT2D eigenvalue weighted by Crippen LogP contribution is 2.32. The van der Waals surface area contributed by atoms with Crippen LogP contribution in [0.15, 0.2) is 36.4 Å². The Kier molecular flexibility index (Phi) is 2.67. The van der Waals surface area contributed by atoms with Crippen LogP contribution < -0.4 is 0 Å². The van der Waals surface area contributed by atoms with Crippen LogP contribution >= 0.6 is 11.3 Å². The molecule has 2 aromatic carbocycles. The van der Waals surface area contributed by atoms with Crippen LogP contribution in [0.25, 0.3) is 21.3 Å². The third-order valence-corrected chi connectivity index (χ3v) is 4.28. The Bertz CT molecular complexity index is 725. The molecule has 1 heterocycles. The van der Waals surface area contributed by atoms with Crippen molar-refractivity contribution in [3.8, 4) is 11.1 Å². The zero-order chi connectivity index (χ0) is 12.7. The first kappa shape index (κ1) is 11.4. The molecule has 1 aromatic heterocycles. The summed E-state index contributed by atoms with van der Waals surface area (Å²) < 4.78 is 1.27. The maximum Gasteiger partial charge on any atom is 0.0908 e. The lowest BCUT2D eigenvalue weighted by Crippen LogP contribution is -1.85. The molecular formula is C16H15NS. The number of aromatic nitrogens is 1. The lowest BCUT2D eigenvalue weighted by molar-refractivity contribution is 1.33. The number of rotatable bonds is 1. The Morgan fingerprint density at radius 1 is 0.944 bits per heavy atom. The number of thiazole rings is 1. The molecule has 0 spiro atoms. The molecule has 0 atom stereocenters. The average molecular weight is 253 g/mol. The second-order valence-electron chi connectivity index (χ2n) is 4.68. The van der Waals surface area contributed by atoms with Crippen LogP contribution in [-0.2, 0) is 0 Å². The fourth-order valence-electron chi connectivity index (χ4n) is 2.20. The molecule has 0 aliphatic rings. The summed E-state index contributed by atoms with van der Waals surface area (Å²) in [6.45, 7) is 6.37. The summed E-state index contributed by atoms with van der Waals surface area (Å²) >= 11 is 1.76. The lowest BCUT2D eigenvalue weighted by atomic mass is 10.00. The van der Waals surface area contributed by atoms with Gasteiger partial charge in [-0.25, -0.2) is 4.98 Å².